The van der Waals surface area contributed by atoms with E-state index in [1.54, 1.807) is 18.0 Å². The third-order valence-electron chi connectivity index (χ3n) is 2.80. The van der Waals surface area contributed by atoms with Crippen LogP contribution in [0.2, 0.25) is 0 Å². The van der Waals surface area contributed by atoms with Gasteiger partial charge in [0, 0.05) is 18.7 Å². The van der Waals surface area contributed by atoms with Crippen molar-refractivity contribution in [3.8, 4) is 11.8 Å². The number of hydrogen-bond acceptors (Lipinski definition) is 2. The molecule has 0 atom stereocenters. The van der Waals surface area contributed by atoms with Crippen LogP contribution in [0.1, 0.15) is 35.3 Å². The molecule has 0 aliphatic rings. The van der Waals surface area contributed by atoms with E-state index in [1.165, 1.54) is 0 Å². The Balaban J connectivity index is 3.19. The number of rotatable bonds is 2. The third kappa shape index (κ3) is 3.35. The standard InChI is InChI=1S/C15H19NO2/c1-11(2)16(4)15(18)14-8-7-12(3)10-13(14)6-5-9-17/h7-8,10-11,17H,9H2,1-4H3. The van der Waals surface area contributed by atoms with Gasteiger partial charge in [0.15, 0.2) is 0 Å². The Kier molecular flexibility index (Phi) is 4.94. The van der Waals surface area contributed by atoms with E-state index in [0.717, 1.165) is 5.56 Å². The first kappa shape index (κ1) is 14.3. The SMILES string of the molecule is Cc1ccc(C(=O)N(C)C(C)C)c(C#CCO)c1. The third-order valence-corrected chi connectivity index (χ3v) is 2.80. The minimum absolute atomic E-state index is 0.0489. The zero-order chi connectivity index (χ0) is 13.7. The molecule has 0 fully saturated rings. The van der Waals surface area contributed by atoms with Gasteiger partial charge in [-0.3, -0.25) is 4.79 Å². The van der Waals surface area contributed by atoms with Gasteiger partial charge in [0.25, 0.3) is 5.91 Å². The van der Waals surface area contributed by atoms with Crippen molar-refractivity contribution >= 4 is 5.91 Å². The lowest BCUT2D eigenvalue weighted by molar-refractivity contribution is 0.0754. The number of benzene rings is 1. The highest BCUT2D eigenvalue weighted by Gasteiger charge is 2.17. The predicted molar refractivity (Wildman–Crippen MR) is 72.4 cm³/mol. The average molecular weight is 245 g/mol. The summed E-state index contributed by atoms with van der Waals surface area (Å²) in [5.74, 6) is 5.37. The van der Waals surface area contributed by atoms with Crippen molar-refractivity contribution in [1.29, 1.82) is 0 Å². The number of aryl methyl sites for hydroxylation is 1. The van der Waals surface area contributed by atoms with Crippen LogP contribution in [0.5, 0.6) is 0 Å². The van der Waals surface area contributed by atoms with Crippen LogP contribution in [0.3, 0.4) is 0 Å². The Bertz CT molecular complexity index is 495. The molecule has 0 spiro atoms. The summed E-state index contributed by atoms with van der Waals surface area (Å²) in [5.41, 5.74) is 2.29. The lowest BCUT2D eigenvalue weighted by Gasteiger charge is -2.22. The van der Waals surface area contributed by atoms with Crippen molar-refractivity contribution in [1.82, 2.24) is 4.90 Å². The molecular formula is C15H19NO2. The van der Waals surface area contributed by atoms with Gasteiger partial charge in [-0.05, 0) is 38.5 Å². The molecule has 3 nitrogen and oxygen atoms in total. The molecule has 0 aliphatic carbocycles. The van der Waals surface area contributed by atoms with Gasteiger partial charge in [-0.15, -0.1) is 0 Å². The van der Waals surface area contributed by atoms with Gasteiger partial charge >= 0.3 is 0 Å². The Morgan fingerprint density at radius 3 is 2.67 bits per heavy atom. The zero-order valence-corrected chi connectivity index (χ0v) is 11.3. The monoisotopic (exact) mass is 245 g/mol. The van der Waals surface area contributed by atoms with Crippen LogP contribution in [-0.4, -0.2) is 35.6 Å². The molecule has 0 unspecified atom stereocenters. The molecule has 1 amide bonds. The van der Waals surface area contributed by atoms with Crippen LogP contribution >= 0.6 is 0 Å². The van der Waals surface area contributed by atoms with E-state index in [2.05, 4.69) is 11.8 Å². The van der Waals surface area contributed by atoms with Crippen molar-refractivity contribution < 1.29 is 9.90 Å². The van der Waals surface area contributed by atoms with E-state index in [9.17, 15) is 4.79 Å². The molecule has 1 aromatic carbocycles. The highest BCUT2D eigenvalue weighted by Crippen LogP contribution is 2.14. The van der Waals surface area contributed by atoms with Crippen LogP contribution < -0.4 is 0 Å². The molecular weight excluding hydrogens is 226 g/mol. The van der Waals surface area contributed by atoms with Crippen LogP contribution in [0.15, 0.2) is 18.2 Å². The maximum atomic E-state index is 12.3. The second-order valence-electron chi connectivity index (χ2n) is 4.52. The summed E-state index contributed by atoms with van der Waals surface area (Å²) in [6.45, 7) is 5.67. The number of carbonyl (C=O) groups excluding carboxylic acids is 1. The molecule has 0 radical (unpaired) electrons. The topological polar surface area (TPSA) is 40.5 Å². The predicted octanol–water partition coefficient (Wildman–Crippen LogP) is 1.82. The smallest absolute Gasteiger partial charge is 0.255 e. The molecule has 0 saturated heterocycles. The lowest BCUT2D eigenvalue weighted by atomic mass is 10.0. The van der Waals surface area contributed by atoms with E-state index >= 15 is 0 Å². The molecule has 0 heterocycles. The molecule has 3 heteroatoms. The highest BCUT2D eigenvalue weighted by atomic mass is 16.2. The van der Waals surface area contributed by atoms with Crippen molar-refractivity contribution in [3.63, 3.8) is 0 Å². The largest absolute Gasteiger partial charge is 0.384 e. The first-order valence-electron chi connectivity index (χ1n) is 5.95. The van der Waals surface area contributed by atoms with Gasteiger partial charge < -0.3 is 10.0 Å². The van der Waals surface area contributed by atoms with E-state index in [-0.39, 0.29) is 18.6 Å². The van der Waals surface area contributed by atoms with E-state index < -0.39 is 0 Å². The lowest BCUT2D eigenvalue weighted by Crippen LogP contribution is -2.33. The summed E-state index contributed by atoms with van der Waals surface area (Å²) in [4.78, 5) is 14.0. The molecule has 0 saturated carbocycles. The average Bonchev–Trinajstić information content (AvgIpc) is 2.34. The van der Waals surface area contributed by atoms with E-state index in [1.807, 2.05) is 32.9 Å². The van der Waals surface area contributed by atoms with Gasteiger partial charge in [-0.2, -0.15) is 0 Å². The van der Waals surface area contributed by atoms with Crippen molar-refractivity contribution in [2.45, 2.75) is 26.8 Å². The van der Waals surface area contributed by atoms with Gasteiger partial charge in [-0.25, -0.2) is 0 Å². The Labute approximate surface area is 108 Å². The molecule has 18 heavy (non-hydrogen) atoms. The van der Waals surface area contributed by atoms with Crippen molar-refractivity contribution in [2.75, 3.05) is 13.7 Å². The Hall–Kier alpha value is -1.79. The zero-order valence-electron chi connectivity index (χ0n) is 11.3. The number of aliphatic hydroxyl groups excluding tert-OH is 1. The minimum atomic E-state index is -0.207. The number of aliphatic hydroxyl groups is 1. The van der Waals surface area contributed by atoms with Gasteiger partial charge in [0.05, 0.1) is 5.56 Å². The molecule has 1 aromatic rings. The minimum Gasteiger partial charge on any atom is -0.384 e. The fourth-order valence-electron chi connectivity index (χ4n) is 1.51. The van der Waals surface area contributed by atoms with E-state index in [0.29, 0.717) is 11.1 Å². The van der Waals surface area contributed by atoms with Gasteiger partial charge in [-0.1, -0.05) is 17.9 Å². The molecule has 0 aromatic heterocycles. The van der Waals surface area contributed by atoms with Gasteiger partial charge in [0.2, 0.25) is 0 Å². The summed E-state index contributed by atoms with van der Waals surface area (Å²) in [6, 6.07) is 5.69. The number of nitrogens with zero attached hydrogens (tertiary/aromatic N) is 1. The van der Waals surface area contributed by atoms with Crippen LogP contribution in [0.25, 0.3) is 0 Å². The number of carbonyl (C=O) groups is 1. The molecule has 0 bridgehead atoms. The number of hydrogen-bond donors (Lipinski definition) is 1. The van der Waals surface area contributed by atoms with Crippen LogP contribution in [-0.2, 0) is 0 Å². The van der Waals surface area contributed by atoms with E-state index in [4.69, 9.17) is 5.11 Å². The quantitative estimate of drug-likeness (QED) is 0.807. The van der Waals surface area contributed by atoms with Crippen LogP contribution in [0.4, 0.5) is 0 Å². The van der Waals surface area contributed by atoms with Crippen LogP contribution in [0, 0.1) is 18.8 Å². The second kappa shape index (κ2) is 6.23. The first-order valence-corrected chi connectivity index (χ1v) is 5.95. The highest BCUT2D eigenvalue weighted by molar-refractivity contribution is 5.96. The summed E-state index contributed by atoms with van der Waals surface area (Å²) in [6.07, 6.45) is 0. The summed E-state index contributed by atoms with van der Waals surface area (Å²) in [7, 11) is 1.77. The molecule has 96 valence electrons. The fourth-order valence-corrected chi connectivity index (χ4v) is 1.51. The molecule has 1 N–H and O–H groups in total. The maximum Gasteiger partial charge on any atom is 0.255 e. The molecule has 0 aliphatic heterocycles. The van der Waals surface area contributed by atoms with Crippen molar-refractivity contribution in [2.24, 2.45) is 0 Å². The summed E-state index contributed by atoms with van der Waals surface area (Å²) < 4.78 is 0. The fraction of sp³-hybridized carbons (Fsp3) is 0.400. The summed E-state index contributed by atoms with van der Waals surface area (Å²) in [5, 5.41) is 8.75. The number of amides is 1. The summed E-state index contributed by atoms with van der Waals surface area (Å²) >= 11 is 0. The Morgan fingerprint density at radius 1 is 1.44 bits per heavy atom. The molecule has 1 rings (SSSR count). The van der Waals surface area contributed by atoms with Gasteiger partial charge in [0.1, 0.15) is 6.61 Å². The van der Waals surface area contributed by atoms with Crippen molar-refractivity contribution in [3.05, 3.63) is 34.9 Å². The first-order chi connectivity index (χ1) is 8.47. The maximum absolute atomic E-state index is 12.3. The Morgan fingerprint density at radius 2 is 2.11 bits per heavy atom. The second-order valence-corrected chi connectivity index (χ2v) is 4.52. The normalized spacial score (nSPS) is 9.89.